The van der Waals surface area contributed by atoms with Crippen LogP contribution in [0, 0.1) is 17.2 Å². The van der Waals surface area contributed by atoms with E-state index in [1.54, 1.807) is 12.1 Å². The Morgan fingerprint density at radius 1 is 1.35 bits per heavy atom. The molecule has 0 saturated heterocycles. The summed E-state index contributed by atoms with van der Waals surface area (Å²) in [5.74, 6) is 0.171. The molecule has 1 fully saturated rings. The maximum absolute atomic E-state index is 13.8. The molecule has 1 aromatic carbocycles. The number of Topliss-reactive ketones (excluding diaryl/α,β-unsaturated/α-hetero) is 1. The molecule has 20 heavy (non-hydrogen) atoms. The Morgan fingerprint density at radius 3 is 2.65 bits per heavy atom. The molecule has 0 N–H and O–H groups in total. The molecule has 1 aliphatic rings. The van der Waals surface area contributed by atoms with Gasteiger partial charge in [0.15, 0.2) is 5.78 Å². The van der Waals surface area contributed by atoms with E-state index in [0.29, 0.717) is 11.7 Å². The Hall–Kier alpha value is -1.38. The van der Waals surface area contributed by atoms with Crippen molar-refractivity contribution in [1.29, 1.82) is 0 Å². The summed E-state index contributed by atoms with van der Waals surface area (Å²) < 4.78 is 19.8. The van der Waals surface area contributed by atoms with Crippen LogP contribution in [0.4, 0.5) is 4.39 Å². The second-order valence-electron chi connectivity index (χ2n) is 6.82. The van der Waals surface area contributed by atoms with Gasteiger partial charge in [-0.15, -0.1) is 0 Å². The Bertz CT molecular complexity index is 508. The molecule has 2 rings (SSSR count). The first-order valence-corrected chi connectivity index (χ1v) is 7.24. The van der Waals surface area contributed by atoms with Gasteiger partial charge in [-0.05, 0) is 49.7 Å². The zero-order chi connectivity index (χ0) is 14.9. The lowest BCUT2D eigenvalue weighted by molar-refractivity contribution is 0.0552. The molecule has 0 radical (unpaired) electrons. The van der Waals surface area contributed by atoms with E-state index in [0.717, 1.165) is 12.8 Å². The molecule has 2 atom stereocenters. The molecule has 0 spiro atoms. The highest BCUT2D eigenvalue weighted by Crippen LogP contribution is 2.40. The minimum atomic E-state index is -0.502. The van der Waals surface area contributed by atoms with E-state index in [1.165, 1.54) is 19.4 Å². The Labute approximate surface area is 120 Å². The normalized spacial score (nSPS) is 25.2. The van der Waals surface area contributed by atoms with Crippen molar-refractivity contribution in [1.82, 2.24) is 0 Å². The summed E-state index contributed by atoms with van der Waals surface area (Å²) in [6, 6.07) is 4.58. The van der Waals surface area contributed by atoms with Gasteiger partial charge < -0.3 is 4.74 Å². The standard InChI is InChI=1S/C17H23FO2/c1-11-8-13(10-17(3,4)9-11)20-15-7-5-6-14(18)16(15)12(2)19/h5-7,11,13H,8-10H2,1-4H3. The zero-order valence-corrected chi connectivity index (χ0v) is 12.7. The minimum Gasteiger partial charge on any atom is -0.490 e. The number of hydrogen-bond donors (Lipinski definition) is 0. The van der Waals surface area contributed by atoms with Crippen molar-refractivity contribution in [2.45, 2.75) is 53.1 Å². The second kappa shape index (κ2) is 5.55. The van der Waals surface area contributed by atoms with Crippen molar-refractivity contribution in [3.63, 3.8) is 0 Å². The predicted molar refractivity (Wildman–Crippen MR) is 77.6 cm³/mol. The molecule has 1 aromatic rings. The van der Waals surface area contributed by atoms with Crippen LogP contribution < -0.4 is 4.74 Å². The van der Waals surface area contributed by atoms with E-state index in [4.69, 9.17) is 4.74 Å². The summed E-state index contributed by atoms with van der Waals surface area (Å²) in [6.07, 6.45) is 3.12. The molecule has 0 aliphatic heterocycles. The van der Waals surface area contributed by atoms with Crippen LogP contribution in [0.5, 0.6) is 5.75 Å². The topological polar surface area (TPSA) is 26.3 Å². The van der Waals surface area contributed by atoms with Crippen molar-refractivity contribution in [2.24, 2.45) is 11.3 Å². The summed E-state index contributed by atoms with van der Waals surface area (Å²) >= 11 is 0. The third-order valence-electron chi connectivity index (χ3n) is 3.97. The number of hydrogen-bond acceptors (Lipinski definition) is 2. The van der Waals surface area contributed by atoms with E-state index in [1.807, 2.05) is 0 Å². The van der Waals surface area contributed by atoms with Crippen LogP contribution in [0.3, 0.4) is 0 Å². The van der Waals surface area contributed by atoms with Gasteiger partial charge in [-0.2, -0.15) is 0 Å². The van der Waals surface area contributed by atoms with Gasteiger partial charge >= 0.3 is 0 Å². The van der Waals surface area contributed by atoms with Crippen molar-refractivity contribution >= 4 is 5.78 Å². The lowest BCUT2D eigenvalue weighted by Crippen LogP contribution is -2.34. The van der Waals surface area contributed by atoms with E-state index in [2.05, 4.69) is 20.8 Å². The fourth-order valence-corrected chi connectivity index (χ4v) is 3.47. The molecular weight excluding hydrogens is 255 g/mol. The van der Waals surface area contributed by atoms with E-state index in [-0.39, 0.29) is 22.9 Å². The maximum Gasteiger partial charge on any atom is 0.166 e. The highest BCUT2D eigenvalue weighted by atomic mass is 19.1. The van der Waals surface area contributed by atoms with Crippen molar-refractivity contribution in [2.75, 3.05) is 0 Å². The largest absolute Gasteiger partial charge is 0.490 e. The molecule has 2 unspecified atom stereocenters. The lowest BCUT2D eigenvalue weighted by atomic mass is 9.71. The molecule has 110 valence electrons. The lowest BCUT2D eigenvalue weighted by Gasteiger charge is -2.39. The second-order valence-corrected chi connectivity index (χ2v) is 6.82. The summed E-state index contributed by atoms with van der Waals surface area (Å²) in [5.41, 5.74) is 0.301. The van der Waals surface area contributed by atoms with E-state index < -0.39 is 5.82 Å². The SMILES string of the molecule is CC(=O)c1c(F)cccc1OC1CC(C)CC(C)(C)C1. The number of benzene rings is 1. The fourth-order valence-electron chi connectivity index (χ4n) is 3.47. The first-order chi connectivity index (χ1) is 9.28. The average molecular weight is 278 g/mol. The number of carbonyl (C=O) groups excluding carboxylic acids is 1. The third kappa shape index (κ3) is 3.38. The highest BCUT2D eigenvalue weighted by molar-refractivity contribution is 5.97. The number of ether oxygens (including phenoxy) is 1. The Balaban J connectivity index is 2.22. The first-order valence-electron chi connectivity index (χ1n) is 7.24. The van der Waals surface area contributed by atoms with Gasteiger partial charge in [-0.25, -0.2) is 4.39 Å². The molecule has 0 bridgehead atoms. The Morgan fingerprint density at radius 2 is 2.05 bits per heavy atom. The molecule has 0 amide bonds. The first kappa shape index (κ1) is 15.0. The smallest absolute Gasteiger partial charge is 0.166 e. The van der Waals surface area contributed by atoms with Crippen LogP contribution in [0.2, 0.25) is 0 Å². The van der Waals surface area contributed by atoms with Gasteiger partial charge in [-0.3, -0.25) is 4.79 Å². The molecule has 1 saturated carbocycles. The minimum absolute atomic E-state index is 0.0497. The Kier molecular flexibility index (Phi) is 4.17. The van der Waals surface area contributed by atoms with Crippen molar-refractivity contribution in [3.8, 4) is 5.75 Å². The summed E-state index contributed by atoms with van der Waals surface area (Å²) in [7, 11) is 0. The van der Waals surface area contributed by atoms with Crippen molar-refractivity contribution < 1.29 is 13.9 Å². The predicted octanol–water partition coefficient (Wildman–Crippen LogP) is 4.62. The van der Waals surface area contributed by atoms with Crippen molar-refractivity contribution in [3.05, 3.63) is 29.6 Å². The van der Waals surface area contributed by atoms with Gasteiger partial charge in [-0.1, -0.05) is 26.8 Å². The number of halogens is 1. The fraction of sp³-hybridized carbons (Fsp3) is 0.588. The van der Waals surface area contributed by atoms with Crippen LogP contribution in [-0.2, 0) is 0 Å². The van der Waals surface area contributed by atoms with Crippen LogP contribution in [0.25, 0.3) is 0 Å². The molecule has 2 nitrogen and oxygen atoms in total. The highest BCUT2D eigenvalue weighted by Gasteiger charge is 2.33. The van der Waals surface area contributed by atoms with Crippen LogP contribution in [-0.4, -0.2) is 11.9 Å². The monoisotopic (exact) mass is 278 g/mol. The van der Waals surface area contributed by atoms with Gasteiger partial charge in [0.05, 0.1) is 11.7 Å². The van der Waals surface area contributed by atoms with Crippen LogP contribution in [0.15, 0.2) is 18.2 Å². The number of carbonyl (C=O) groups is 1. The van der Waals surface area contributed by atoms with E-state index in [9.17, 15) is 9.18 Å². The molecule has 1 aliphatic carbocycles. The average Bonchev–Trinajstić information content (AvgIpc) is 2.25. The molecular formula is C17H23FO2. The summed E-state index contributed by atoms with van der Waals surface area (Å²) in [6.45, 7) is 8.06. The maximum atomic E-state index is 13.8. The van der Waals surface area contributed by atoms with Gasteiger partial charge in [0, 0.05) is 0 Å². The van der Waals surface area contributed by atoms with Gasteiger partial charge in [0.25, 0.3) is 0 Å². The third-order valence-corrected chi connectivity index (χ3v) is 3.97. The van der Waals surface area contributed by atoms with Crippen LogP contribution >= 0.6 is 0 Å². The van der Waals surface area contributed by atoms with Crippen LogP contribution in [0.1, 0.15) is 57.3 Å². The zero-order valence-electron chi connectivity index (χ0n) is 12.7. The molecule has 0 aromatic heterocycles. The summed E-state index contributed by atoms with van der Waals surface area (Å²) in [4.78, 5) is 11.6. The van der Waals surface area contributed by atoms with Gasteiger partial charge in [0.1, 0.15) is 11.6 Å². The number of rotatable bonds is 3. The molecule has 0 heterocycles. The molecule has 3 heteroatoms. The van der Waals surface area contributed by atoms with E-state index >= 15 is 0 Å². The van der Waals surface area contributed by atoms with Gasteiger partial charge in [0.2, 0.25) is 0 Å². The number of ketones is 1. The summed E-state index contributed by atoms with van der Waals surface area (Å²) in [5, 5.41) is 0. The quantitative estimate of drug-likeness (QED) is 0.754.